The first kappa shape index (κ1) is 30.1. The molecule has 0 heterocycles. The summed E-state index contributed by atoms with van der Waals surface area (Å²) in [5.41, 5.74) is -8.37. The van der Waals surface area contributed by atoms with Crippen molar-refractivity contribution in [3.05, 3.63) is 12.7 Å². The highest BCUT2D eigenvalue weighted by molar-refractivity contribution is 5.81. The molecule has 32 heavy (non-hydrogen) atoms. The molecule has 18 heteroatoms. The predicted octanol–water partition coefficient (Wildman–Crippen LogP) is 5.23. The Morgan fingerprint density at radius 2 is 1.19 bits per heavy atom. The first-order valence-corrected chi connectivity index (χ1v) is 7.66. The van der Waals surface area contributed by atoms with Gasteiger partial charge < -0.3 is 9.84 Å². The Labute approximate surface area is 167 Å². The van der Waals surface area contributed by atoms with Gasteiger partial charge in [0.25, 0.3) is 0 Å². The molecule has 0 radical (unpaired) electrons. The van der Waals surface area contributed by atoms with E-state index < -0.39 is 73.2 Å². The molecule has 0 aromatic rings. The van der Waals surface area contributed by atoms with Gasteiger partial charge in [-0.25, -0.2) is 9.18 Å². The van der Waals surface area contributed by atoms with Crippen LogP contribution in [0.25, 0.3) is 0 Å². The van der Waals surface area contributed by atoms with Crippen LogP contribution in [0.2, 0.25) is 0 Å². The molecule has 0 aliphatic rings. The van der Waals surface area contributed by atoms with Crippen LogP contribution in [0, 0.1) is 0 Å². The zero-order valence-electron chi connectivity index (χ0n) is 14.9. The Kier molecular flexibility index (Phi) is 8.29. The summed E-state index contributed by atoms with van der Waals surface area (Å²) in [5, 5.41) is 9.12. The van der Waals surface area contributed by atoms with Gasteiger partial charge >= 0.3 is 47.7 Å². The van der Waals surface area contributed by atoms with Gasteiger partial charge in [-0.2, -0.15) is 61.5 Å². The fourth-order valence-corrected chi connectivity index (χ4v) is 2.04. The molecule has 0 aromatic heterocycles. The first-order valence-electron chi connectivity index (χ1n) is 7.66. The van der Waals surface area contributed by atoms with E-state index in [9.17, 15) is 70.7 Å². The number of esters is 1. The Hall–Kier alpha value is -1.88. The van der Waals surface area contributed by atoms with Crippen LogP contribution in [-0.4, -0.2) is 65.5 Å². The van der Waals surface area contributed by atoms with Crippen LogP contribution >= 0.6 is 0 Å². The molecule has 0 rings (SSSR count). The third-order valence-corrected chi connectivity index (χ3v) is 3.82. The number of carbonyl (C=O) groups is 1. The lowest BCUT2D eigenvalue weighted by atomic mass is 9.84. The maximum Gasteiger partial charge on any atom is 0.438 e. The molecule has 0 aliphatic carbocycles. The van der Waals surface area contributed by atoms with Crippen LogP contribution in [0.15, 0.2) is 12.7 Å². The molecule has 0 saturated heterocycles. The zero-order chi connectivity index (χ0) is 26.2. The van der Waals surface area contributed by atoms with Gasteiger partial charge in [-0.15, -0.1) is 0 Å². The molecule has 1 atom stereocenters. The van der Waals surface area contributed by atoms with Gasteiger partial charge in [0.15, 0.2) is 0 Å². The lowest BCUT2D eigenvalue weighted by Gasteiger charge is -2.43. The van der Waals surface area contributed by atoms with E-state index in [-0.39, 0.29) is 0 Å². The minimum atomic E-state index is -8.51. The Balaban J connectivity index is 6.14. The summed E-state index contributed by atoms with van der Waals surface area (Å²) >= 11 is 0. The highest BCUT2D eigenvalue weighted by atomic mass is 19.4. The van der Waals surface area contributed by atoms with E-state index in [2.05, 4.69) is 11.3 Å². The summed E-state index contributed by atoms with van der Waals surface area (Å²) in [7, 11) is 0. The number of halogens is 15. The summed E-state index contributed by atoms with van der Waals surface area (Å²) in [6.45, 7) is 1.79. The van der Waals surface area contributed by atoms with Crippen LogP contribution in [-0.2, 0) is 9.53 Å². The normalized spacial score (nSPS) is 16.0. The highest BCUT2D eigenvalue weighted by Crippen LogP contribution is 2.64. The molecule has 0 aromatic carbocycles. The fourth-order valence-electron chi connectivity index (χ4n) is 2.04. The zero-order valence-corrected chi connectivity index (χ0v) is 14.9. The first-order chi connectivity index (χ1) is 13.8. The van der Waals surface area contributed by atoms with Gasteiger partial charge in [0, 0.05) is 18.9 Å². The number of carbonyl (C=O) groups excluding carboxylic acids is 1. The van der Waals surface area contributed by atoms with Crippen molar-refractivity contribution in [2.75, 3.05) is 6.61 Å². The summed E-state index contributed by atoms with van der Waals surface area (Å²) < 4.78 is 200. The monoisotopic (exact) mass is 512 g/mol. The maximum atomic E-state index is 13.6. The van der Waals surface area contributed by atoms with E-state index in [0.717, 1.165) is 0 Å². The third-order valence-electron chi connectivity index (χ3n) is 3.82. The third kappa shape index (κ3) is 4.88. The molecule has 0 amide bonds. The van der Waals surface area contributed by atoms with Gasteiger partial charge in [0.2, 0.25) is 0 Å². The number of rotatable bonds is 10. The minimum Gasteiger partial charge on any atom is -0.462 e. The molecular weight excluding hydrogens is 501 g/mol. The molecule has 1 unspecified atom stereocenters. The second-order valence-corrected chi connectivity index (χ2v) is 6.10. The molecule has 1 N–H and O–H groups in total. The highest BCUT2D eigenvalue weighted by Gasteiger charge is 2.95. The van der Waals surface area contributed by atoms with Gasteiger partial charge in [-0.3, -0.25) is 0 Å². The van der Waals surface area contributed by atoms with Crippen molar-refractivity contribution >= 4 is 5.97 Å². The smallest absolute Gasteiger partial charge is 0.438 e. The molecule has 0 spiro atoms. The molecule has 3 nitrogen and oxygen atoms in total. The van der Waals surface area contributed by atoms with E-state index in [1.807, 2.05) is 0 Å². The van der Waals surface area contributed by atoms with Crippen LogP contribution < -0.4 is 0 Å². The largest absolute Gasteiger partial charge is 0.462 e. The number of alkyl halides is 15. The van der Waals surface area contributed by atoms with Gasteiger partial charge in [-0.1, -0.05) is 6.58 Å². The van der Waals surface area contributed by atoms with Gasteiger partial charge in [0.1, 0.15) is 0 Å². The average Bonchev–Trinajstić information content (AvgIpc) is 2.57. The summed E-state index contributed by atoms with van der Waals surface area (Å²) in [6, 6.07) is 0. The van der Waals surface area contributed by atoms with Crippen molar-refractivity contribution in [1.82, 2.24) is 0 Å². The number of hydrogen-bond acceptors (Lipinski definition) is 3. The van der Waals surface area contributed by atoms with E-state index in [0.29, 0.717) is 6.08 Å². The van der Waals surface area contributed by atoms with Crippen molar-refractivity contribution in [2.45, 2.75) is 60.7 Å². The van der Waals surface area contributed by atoms with Gasteiger partial charge in [0.05, 0.1) is 12.7 Å². The van der Waals surface area contributed by atoms with Crippen LogP contribution in [0.4, 0.5) is 65.9 Å². The molecule has 0 saturated carbocycles. The topological polar surface area (TPSA) is 46.5 Å². The van der Waals surface area contributed by atoms with Crippen molar-refractivity contribution in [2.24, 2.45) is 0 Å². The lowest BCUT2D eigenvalue weighted by Crippen LogP contribution is -2.75. The standard InChI is InChI=1S/C14H11F15O3/c1-2-7(31)32-4-3-6(30)5-8(15,16)10(18,19)12(22,23)11(20,21)9(17,13(24,25)26)14(27,28)29/h2,6,30H,1,3-5H2. The Bertz CT molecular complexity index is 666. The molecule has 0 aliphatic heterocycles. The quantitative estimate of drug-likeness (QED) is 0.248. The van der Waals surface area contributed by atoms with Crippen molar-refractivity contribution in [1.29, 1.82) is 0 Å². The van der Waals surface area contributed by atoms with Crippen molar-refractivity contribution in [3.8, 4) is 0 Å². The van der Waals surface area contributed by atoms with E-state index >= 15 is 0 Å². The predicted molar refractivity (Wildman–Crippen MR) is 72.1 cm³/mol. The summed E-state index contributed by atoms with van der Waals surface area (Å²) in [6.07, 6.45) is -22.6. The molecule has 190 valence electrons. The van der Waals surface area contributed by atoms with Crippen LogP contribution in [0.1, 0.15) is 12.8 Å². The SMILES string of the molecule is C=CC(=O)OCCC(O)CC(F)(F)C(F)(F)C(F)(F)C(F)(F)C(F)(C(F)(F)F)C(F)(F)F. The van der Waals surface area contributed by atoms with Gasteiger partial charge in [-0.05, 0) is 0 Å². The van der Waals surface area contributed by atoms with E-state index in [1.54, 1.807) is 0 Å². The van der Waals surface area contributed by atoms with Crippen molar-refractivity contribution in [3.63, 3.8) is 0 Å². The molecular formula is C14H11F15O3. The number of aliphatic hydroxyl groups is 1. The van der Waals surface area contributed by atoms with Crippen molar-refractivity contribution < 1.29 is 80.5 Å². The number of aliphatic hydroxyl groups excluding tert-OH is 1. The van der Waals surface area contributed by atoms with E-state index in [1.165, 1.54) is 0 Å². The average molecular weight is 512 g/mol. The maximum absolute atomic E-state index is 13.6. The molecule has 0 fully saturated rings. The minimum absolute atomic E-state index is 0.488. The molecule has 0 bridgehead atoms. The fraction of sp³-hybridized carbons (Fsp3) is 0.786. The number of hydrogen-bond donors (Lipinski definition) is 1. The second kappa shape index (κ2) is 8.81. The van der Waals surface area contributed by atoms with Crippen LogP contribution in [0.5, 0.6) is 0 Å². The summed E-state index contributed by atoms with van der Waals surface area (Å²) in [4.78, 5) is 10.6. The lowest BCUT2D eigenvalue weighted by molar-refractivity contribution is -0.457. The Morgan fingerprint density at radius 1 is 0.781 bits per heavy atom. The second-order valence-electron chi connectivity index (χ2n) is 6.10. The van der Waals surface area contributed by atoms with Crippen LogP contribution in [0.3, 0.4) is 0 Å². The summed E-state index contributed by atoms with van der Waals surface area (Å²) in [5.74, 6) is -32.4. The number of ether oxygens (including phenoxy) is 1. The van der Waals surface area contributed by atoms with E-state index in [4.69, 9.17) is 5.11 Å². The Morgan fingerprint density at radius 3 is 1.53 bits per heavy atom.